The number of nitrogens with one attached hydrogen (secondary N) is 1. The molecule has 1 heterocycles. The molecule has 1 N–H and O–H groups in total. The zero-order valence-corrected chi connectivity index (χ0v) is 9.61. The molecule has 0 saturated heterocycles. The lowest BCUT2D eigenvalue weighted by Gasteiger charge is -2.11. The van der Waals surface area contributed by atoms with Crippen molar-refractivity contribution in [3.05, 3.63) is 23.9 Å². The van der Waals surface area contributed by atoms with Gasteiger partial charge in [0.25, 0.3) is 0 Å². The van der Waals surface area contributed by atoms with E-state index in [1.807, 2.05) is 18.2 Å². The molecule has 4 nitrogen and oxygen atoms in total. The van der Waals surface area contributed by atoms with Crippen LogP contribution in [0, 0.1) is 0 Å². The number of rotatable bonds is 5. The average molecular weight is 222 g/mol. The molecule has 0 atom stereocenters. The summed E-state index contributed by atoms with van der Waals surface area (Å²) in [7, 11) is 1.62. The van der Waals surface area contributed by atoms with Crippen LogP contribution in [0.2, 0.25) is 0 Å². The number of aromatic nitrogens is 1. The third-order valence-electron chi connectivity index (χ3n) is 2.80. The van der Waals surface area contributed by atoms with Gasteiger partial charge in [0.15, 0.2) is 0 Å². The summed E-state index contributed by atoms with van der Waals surface area (Å²) in [5.41, 5.74) is 3.90. The van der Waals surface area contributed by atoms with E-state index in [1.54, 1.807) is 7.11 Å². The van der Waals surface area contributed by atoms with Crippen molar-refractivity contribution in [2.24, 2.45) is 0 Å². The molecule has 0 radical (unpaired) electrons. The predicted molar refractivity (Wildman–Crippen MR) is 61.0 cm³/mol. The monoisotopic (exact) mass is 222 g/mol. The highest BCUT2D eigenvalue weighted by molar-refractivity contribution is 5.15. The van der Waals surface area contributed by atoms with Gasteiger partial charge in [-0.05, 0) is 18.9 Å². The Bertz CT molecular complexity index is 325. The highest BCUT2D eigenvalue weighted by atomic mass is 16.7. The molecule has 0 aliphatic heterocycles. The van der Waals surface area contributed by atoms with Crippen LogP contribution < -0.4 is 10.2 Å². The van der Waals surface area contributed by atoms with E-state index in [-0.39, 0.29) is 0 Å². The van der Waals surface area contributed by atoms with Crippen LogP contribution in [0.15, 0.2) is 18.2 Å². The van der Waals surface area contributed by atoms with E-state index in [0.29, 0.717) is 18.5 Å². The Morgan fingerprint density at radius 2 is 2.19 bits per heavy atom. The number of ether oxygens (including phenoxy) is 1. The summed E-state index contributed by atoms with van der Waals surface area (Å²) in [5.74, 6) is 0.639. The molecule has 4 heteroatoms. The zero-order chi connectivity index (χ0) is 11.2. The van der Waals surface area contributed by atoms with Gasteiger partial charge in [-0.1, -0.05) is 18.9 Å². The highest BCUT2D eigenvalue weighted by Crippen LogP contribution is 2.19. The van der Waals surface area contributed by atoms with Crippen molar-refractivity contribution in [1.29, 1.82) is 0 Å². The lowest BCUT2D eigenvalue weighted by atomic mass is 10.3. The Morgan fingerprint density at radius 3 is 2.94 bits per heavy atom. The second kappa shape index (κ2) is 5.82. The number of methoxy groups -OCH3 is 1. The summed E-state index contributed by atoms with van der Waals surface area (Å²) in [4.78, 5) is 9.84. The molecule has 1 aliphatic carbocycles. The second-order valence-corrected chi connectivity index (χ2v) is 4.02. The maximum atomic E-state index is 5.55. The van der Waals surface area contributed by atoms with Crippen molar-refractivity contribution in [2.75, 3.05) is 7.11 Å². The maximum absolute atomic E-state index is 5.55. The van der Waals surface area contributed by atoms with Gasteiger partial charge in [-0.3, -0.25) is 4.84 Å². The van der Waals surface area contributed by atoms with E-state index >= 15 is 0 Å². The van der Waals surface area contributed by atoms with Gasteiger partial charge < -0.3 is 4.74 Å². The molecular weight excluding hydrogens is 204 g/mol. The fourth-order valence-electron chi connectivity index (χ4n) is 1.91. The van der Waals surface area contributed by atoms with Gasteiger partial charge in [-0.25, -0.2) is 4.98 Å². The van der Waals surface area contributed by atoms with E-state index in [1.165, 1.54) is 25.7 Å². The van der Waals surface area contributed by atoms with Crippen molar-refractivity contribution in [1.82, 2.24) is 10.5 Å². The molecule has 0 unspecified atom stereocenters. The van der Waals surface area contributed by atoms with Crippen LogP contribution in [-0.2, 0) is 11.4 Å². The molecule has 1 aromatic heterocycles. The van der Waals surface area contributed by atoms with Crippen LogP contribution in [0.3, 0.4) is 0 Å². The maximum Gasteiger partial charge on any atom is 0.213 e. The Kier molecular flexibility index (Phi) is 4.13. The molecule has 16 heavy (non-hydrogen) atoms. The van der Waals surface area contributed by atoms with Crippen molar-refractivity contribution < 1.29 is 9.57 Å². The van der Waals surface area contributed by atoms with Gasteiger partial charge in [-0.15, -0.1) is 0 Å². The second-order valence-electron chi connectivity index (χ2n) is 4.02. The minimum Gasteiger partial charge on any atom is -0.481 e. The van der Waals surface area contributed by atoms with Crippen LogP contribution in [0.5, 0.6) is 5.88 Å². The van der Waals surface area contributed by atoms with Crippen LogP contribution in [0.1, 0.15) is 31.4 Å². The Balaban J connectivity index is 1.75. The smallest absolute Gasteiger partial charge is 0.213 e. The fraction of sp³-hybridized carbons (Fsp3) is 0.583. The molecular formula is C12H18N2O2. The summed E-state index contributed by atoms with van der Waals surface area (Å²) >= 11 is 0. The van der Waals surface area contributed by atoms with Crippen LogP contribution >= 0.6 is 0 Å². The third kappa shape index (κ3) is 3.18. The highest BCUT2D eigenvalue weighted by Gasteiger charge is 2.15. The summed E-state index contributed by atoms with van der Waals surface area (Å²) in [6.45, 7) is 0.619. The van der Waals surface area contributed by atoms with Gasteiger partial charge in [0, 0.05) is 6.07 Å². The molecule has 0 bridgehead atoms. The van der Waals surface area contributed by atoms with E-state index in [4.69, 9.17) is 9.57 Å². The van der Waals surface area contributed by atoms with E-state index in [2.05, 4.69) is 10.5 Å². The van der Waals surface area contributed by atoms with Gasteiger partial charge in [-0.2, -0.15) is 5.48 Å². The number of hydrogen-bond donors (Lipinski definition) is 1. The Hall–Kier alpha value is -1.13. The lowest BCUT2D eigenvalue weighted by molar-refractivity contribution is -0.0249. The summed E-state index contributed by atoms with van der Waals surface area (Å²) in [6.07, 6.45) is 5.27. The minimum absolute atomic E-state index is 0.380. The largest absolute Gasteiger partial charge is 0.481 e. The van der Waals surface area contributed by atoms with Crippen LogP contribution in [0.25, 0.3) is 0 Å². The minimum atomic E-state index is 0.380. The first-order valence-corrected chi connectivity index (χ1v) is 5.77. The van der Waals surface area contributed by atoms with Crippen LogP contribution in [-0.4, -0.2) is 18.2 Å². The number of hydrogen-bond acceptors (Lipinski definition) is 4. The molecule has 1 aromatic rings. The van der Waals surface area contributed by atoms with Gasteiger partial charge in [0.1, 0.15) is 0 Å². The van der Waals surface area contributed by atoms with Crippen molar-refractivity contribution >= 4 is 0 Å². The number of hydroxylamine groups is 1. The Morgan fingerprint density at radius 1 is 1.38 bits per heavy atom. The lowest BCUT2D eigenvalue weighted by Crippen LogP contribution is -2.21. The third-order valence-corrected chi connectivity index (χ3v) is 2.80. The van der Waals surface area contributed by atoms with Crippen molar-refractivity contribution in [2.45, 2.75) is 38.3 Å². The topological polar surface area (TPSA) is 43.4 Å². The van der Waals surface area contributed by atoms with E-state index in [0.717, 1.165) is 5.69 Å². The molecule has 1 fully saturated rings. The predicted octanol–water partition coefficient (Wildman–Crippen LogP) is 2.05. The summed E-state index contributed by atoms with van der Waals surface area (Å²) in [6, 6.07) is 5.72. The molecule has 1 saturated carbocycles. The van der Waals surface area contributed by atoms with E-state index in [9.17, 15) is 0 Å². The zero-order valence-electron chi connectivity index (χ0n) is 9.61. The van der Waals surface area contributed by atoms with Crippen molar-refractivity contribution in [3.8, 4) is 5.88 Å². The molecule has 0 aromatic carbocycles. The van der Waals surface area contributed by atoms with E-state index < -0.39 is 0 Å². The fourth-order valence-corrected chi connectivity index (χ4v) is 1.91. The number of nitrogens with zero attached hydrogens (tertiary/aromatic N) is 1. The molecule has 88 valence electrons. The first-order valence-electron chi connectivity index (χ1n) is 5.77. The number of pyridine rings is 1. The van der Waals surface area contributed by atoms with Gasteiger partial charge in [0.2, 0.25) is 5.88 Å². The summed E-state index contributed by atoms with van der Waals surface area (Å²) < 4.78 is 5.05. The van der Waals surface area contributed by atoms with Crippen LogP contribution in [0.4, 0.5) is 0 Å². The molecule has 0 spiro atoms. The first-order chi connectivity index (χ1) is 7.88. The van der Waals surface area contributed by atoms with Crippen molar-refractivity contribution in [3.63, 3.8) is 0 Å². The first kappa shape index (κ1) is 11.4. The van der Waals surface area contributed by atoms with Gasteiger partial charge in [0.05, 0.1) is 25.5 Å². The standard InChI is InChI=1S/C12H18N2O2/c1-15-12-8-4-5-10(14-12)9-13-16-11-6-2-3-7-11/h4-5,8,11,13H,2-3,6-7,9H2,1H3. The normalized spacial score (nSPS) is 16.6. The Labute approximate surface area is 95.9 Å². The van der Waals surface area contributed by atoms with Gasteiger partial charge >= 0.3 is 0 Å². The molecule has 2 rings (SSSR count). The molecule has 0 amide bonds. The molecule has 1 aliphatic rings. The summed E-state index contributed by atoms with van der Waals surface area (Å²) in [5, 5.41) is 0. The quantitative estimate of drug-likeness (QED) is 0.774. The SMILES string of the molecule is COc1cccc(CNOC2CCCC2)n1. The average Bonchev–Trinajstić information content (AvgIpc) is 2.82.